The number of hydrogen-bond acceptors (Lipinski definition) is 6. The lowest BCUT2D eigenvalue weighted by atomic mass is 9.82. The van der Waals surface area contributed by atoms with Crippen molar-refractivity contribution < 1.29 is 28.2 Å². The van der Waals surface area contributed by atoms with E-state index in [9.17, 15) is 10.2 Å². The van der Waals surface area contributed by atoms with Gasteiger partial charge in [-0.3, -0.25) is 0 Å². The molecule has 9 heteroatoms. The van der Waals surface area contributed by atoms with Gasteiger partial charge in [-0.2, -0.15) is 0 Å². The van der Waals surface area contributed by atoms with Crippen LogP contribution in [0.15, 0.2) is 0 Å². The smallest absolute Gasteiger partial charge is 0.200 e. The maximum absolute atomic E-state index is 12.3. The monoisotopic (exact) mass is 632 g/mol. The van der Waals surface area contributed by atoms with E-state index in [-0.39, 0.29) is 16.5 Å². The Morgan fingerprint density at radius 2 is 1.20 bits per heavy atom. The first-order chi connectivity index (χ1) is 18.3. The molecule has 4 atom stereocenters. The number of aliphatic hydroxyl groups is 2. The molecule has 0 amide bonds. The summed E-state index contributed by atoms with van der Waals surface area (Å²) in [6.07, 6.45) is 1.68. The average molecular weight is 633 g/mol. The molecule has 0 bridgehead atoms. The Hall–Kier alpha value is 0.411. The lowest BCUT2D eigenvalue weighted by Crippen LogP contribution is -2.69. The van der Waals surface area contributed by atoms with E-state index in [0.29, 0.717) is 36.1 Å². The highest BCUT2D eigenvalue weighted by molar-refractivity contribution is 6.77. The van der Waals surface area contributed by atoms with E-state index in [0.717, 1.165) is 12.8 Å². The molecular weight excluding hydrogens is 565 g/mol. The minimum atomic E-state index is -2.37. The van der Waals surface area contributed by atoms with Gasteiger partial charge in [0.05, 0.1) is 18.8 Å². The minimum absolute atomic E-state index is 0.0115. The summed E-state index contributed by atoms with van der Waals surface area (Å²) in [5, 5.41) is 24.2. The molecule has 0 aromatic heterocycles. The summed E-state index contributed by atoms with van der Waals surface area (Å²) in [5.74, 6) is -1.71. The highest BCUT2D eigenvalue weighted by Gasteiger charge is 2.62. The van der Waals surface area contributed by atoms with Gasteiger partial charge in [-0.15, -0.1) is 0 Å². The maximum atomic E-state index is 12.3. The van der Waals surface area contributed by atoms with Gasteiger partial charge < -0.3 is 28.2 Å². The van der Waals surface area contributed by atoms with Crippen molar-refractivity contribution >= 4 is 25.0 Å². The van der Waals surface area contributed by atoms with Crippen molar-refractivity contribution in [2.24, 2.45) is 0 Å². The van der Waals surface area contributed by atoms with Gasteiger partial charge in [0.25, 0.3) is 0 Å². The molecule has 244 valence electrons. The van der Waals surface area contributed by atoms with Gasteiger partial charge in [-0.25, -0.2) is 0 Å². The fourth-order valence-corrected chi connectivity index (χ4v) is 14.6. The molecule has 1 unspecified atom stereocenters. The van der Waals surface area contributed by atoms with E-state index in [1.165, 1.54) is 0 Å². The van der Waals surface area contributed by atoms with Gasteiger partial charge >= 0.3 is 0 Å². The summed E-state index contributed by atoms with van der Waals surface area (Å²) in [7, 11) is -6.78. The molecule has 2 fully saturated rings. The second-order valence-electron chi connectivity index (χ2n) is 17.3. The van der Waals surface area contributed by atoms with Crippen LogP contribution < -0.4 is 0 Å². The first-order valence-corrected chi connectivity index (χ1v) is 24.3. The highest BCUT2D eigenvalue weighted by atomic mass is 28.4. The molecule has 0 spiro atoms. The first-order valence-electron chi connectivity index (χ1n) is 16.4. The standard InChI is InChI=1S/C32H68O6Si3/c1-23(2)41(24(3)4,25(5)6)37-26-21-32(34,31(33)19-17-18-20-31)36-27(22-35-39(13,14)29(7,8)9)28(26)38-40(15,16)30(10,11)12/h23-28,33-34H,17-22H2,1-16H3/t26-,27-,28-,32?/m1/s1. The molecule has 0 aromatic carbocycles. The third kappa shape index (κ3) is 7.63. The summed E-state index contributed by atoms with van der Waals surface area (Å²) >= 11 is 0. The highest BCUT2D eigenvalue weighted by Crippen LogP contribution is 2.51. The zero-order valence-corrected chi connectivity index (χ0v) is 32.7. The van der Waals surface area contributed by atoms with Crippen LogP contribution in [0, 0.1) is 0 Å². The van der Waals surface area contributed by atoms with Gasteiger partial charge in [0.2, 0.25) is 8.32 Å². The second-order valence-corrected chi connectivity index (χ2v) is 32.2. The van der Waals surface area contributed by atoms with Crippen molar-refractivity contribution in [2.75, 3.05) is 6.61 Å². The van der Waals surface area contributed by atoms with Crippen molar-refractivity contribution in [3.05, 3.63) is 0 Å². The van der Waals surface area contributed by atoms with Gasteiger partial charge in [0, 0.05) is 6.42 Å². The third-order valence-corrected chi connectivity index (χ3v) is 26.5. The Bertz CT molecular complexity index is 833. The molecule has 0 radical (unpaired) electrons. The first kappa shape index (κ1) is 37.6. The lowest BCUT2D eigenvalue weighted by molar-refractivity contribution is -0.359. The van der Waals surface area contributed by atoms with E-state index in [1.807, 2.05) is 0 Å². The molecule has 1 aliphatic carbocycles. The Labute approximate surface area is 257 Å². The number of ether oxygens (including phenoxy) is 1. The molecular formula is C32H68O6Si3. The SMILES string of the molecule is CC(C)[Si](O[C@@H]1CC(O)(C2(O)CCCC2)O[C@H](CO[Si](C)(C)C(C)(C)C)[C@@H]1O[Si](C)(C)C(C)(C)C)(C(C)C)C(C)C. The predicted octanol–water partition coefficient (Wildman–Crippen LogP) is 8.74. The predicted molar refractivity (Wildman–Crippen MR) is 179 cm³/mol. The number of hydrogen-bond donors (Lipinski definition) is 2. The third-order valence-electron chi connectivity index (χ3n) is 11.4. The fraction of sp³-hybridized carbons (Fsp3) is 1.00. The topological polar surface area (TPSA) is 77.4 Å². The summed E-state index contributed by atoms with van der Waals surface area (Å²) in [5.41, 5.74) is -0.167. The Morgan fingerprint density at radius 1 is 0.756 bits per heavy atom. The fourth-order valence-electron chi connectivity index (χ4n) is 6.73. The van der Waals surface area contributed by atoms with E-state index < -0.39 is 54.7 Å². The van der Waals surface area contributed by atoms with Crippen molar-refractivity contribution in [1.82, 2.24) is 0 Å². The van der Waals surface area contributed by atoms with Crippen LogP contribution in [0.2, 0.25) is 52.9 Å². The van der Waals surface area contributed by atoms with Gasteiger partial charge in [0.15, 0.2) is 22.4 Å². The molecule has 1 saturated heterocycles. The van der Waals surface area contributed by atoms with Gasteiger partial charge in [-0.1, -0.05) is 95.9 Å². The van der Waals surface area contributed by atoms with Gasteiger partial charge in [0.1, 0.15) is 11.7 Å². The Balaban J connectivity index is 2.71. The van der Waals surface area contributed by atoms with Crippen LogP contribution >= 0.6 is 0 Å². The van der Waals surface area contributed by atoms with Crippen LogP contribution in [0.5, 0.6) is 0 Å². The van der Waals surface area contributed by atoms with E-state index in [4.69, 9.17) is 18.0 Å². The van der Waals surface area contributed by atoms with Crippen molar-refractivity contribution in [2.45, 2.75) is 198 Å². The molecule has 1 saturated carbocycles. The van der Waals surface area contributed by atoms with E-state index in [2.05, 4.69) is 109 Å². The molecule has 1 aliphatic heterocycles. The zero-order chi connectivity index (χ0) is 32.0. The lowest BCUT2D eigenvalue weighted by Gasteiger charge is -2.56. The minimum Gasteiger partial charge on any atom is -0.414 e. The summed E-state index contributed by atoms with van der Waals surface area (Å²) in [4.78, 5) is 0. The summed E-state index contributed by atoms with van der Waals surface area (Å²) < 4.78 is 28.2. The van der Waals surface area contributed by atoms with E-state index in [1.54, 1.807) is 0 Å². The van der Waals surface area contributed by atoms with Crippen LogP contribution in [0.3, 0.4) is 0 Å². The zero-order valence-electron chi connectivity index (χ0n) is 29.7. The van der Waals surface area contributed by atoms with Crippen molar-refractivity contribution in [3.63, 3.8) is 0 Å². The molecule has 0 aromatic rings. The quantitative estimate of drug-likeness (QED) is 0.222. The molecule has 2 aliphatic rings. The van der Waals surface area contributed by atoms with Crippen LogP contribution in [0.1, 0.15) is 115 Å². The summed E-state index contributed by atoms with van der Waals surface area (Å²) in [6.45, 7) is 36.6. The van der Waals surface area contributed by atoms with Crippen LogP contribution in [0.4, 0.5) is 0 Å². The van der Waals surface area contributed by atoms with Crippen LogP contribution in [-0.2, 0) is 18.0 Å². The Morgan fingerprint density at radius 3 is 1.59 bits per heavy atom. The van der Waals surface area contributed by atoms with Crippen LogP contribution in [0.25, 0.3) is 0 Å². The molecule has 2 rings (SSSR count). The van der Waals surface area contributed by atoms with Crippen molar-refractivity contribution in [1.29, 1.82) is 0 Å². The average Bonchev–Trinajstić information content (AvgIpc) is 3.23. The van der Waals surface area contributed by atoms with E-state index >= 15 is 0 Å². The largest absolute Gasteiger partial charge is 0.414 e. The van der Waals surface area contributed by atoms with Gasteiger partial charge in [-0.05, 0) is 65.7 Å². The number of rotatable bonds is 11. The normalized spacial score (nSPS) is 28.8. The van der Waals surface area contributed by atoms with Crippen LogP contribution in [-0.4, -0.2) is 71.5 Å². The molecule has 41 heavy (non-hydrogen) atoms. The molecule has 1 heterocycles. The summed E-state index contributed by atoms with van der Waals surface area (Å²) in [6, 6.07) is 0. The van der Waals surface area contributed by atoms with Crippen molar-refractivity contribution in [3.8, 4) is 0 Å². The Kier molecular flexibility index (Phi) is 11.6. The molecule has 2 N–H and O–H groups in total. The second kappa shape index (κ2) is 12.7. The molecule has 6 nitrogen and oxygen atoms in total. The maximum Gasteiger partial charge on any atom is 0.200 e.